The van der Waals surface area contributed by atoms with Crippen molar-refractivity contribution in [1.82, 2.24) is 4.31 Å². The van der Waals surface area contributed by atoms with Gasteiger partial charge in [0.1, 0.15) is 0 Å². The lowest BCUT2D eigenvalue weighted by molar-refractivity contribution is 0.0696. The maximum Gasteiger partial charge on any atom is 0.335 e. The number of sulfonamides is 1. The molecule has 0 aromatic heterocycles. The monoisotopic (exact) mass is 374 g/mol. The number of rotatable bonds is 6. The predicted octanol–water partition coefficient (Wildman–Crippen LogP) is 2.38. The molecule has 21 heavy (non-hydrogen) atoms. The maximum atomic E-state index is 12.6. The number of nitriles is 1. The van der Waals surface area contributed by atoms with Gasteiger partial charge >= 0.3 is 5.97 Å². The van der Waals surface area contributed by atoms with Gasteiger partial charge in [0.05, 0.1) is 16.5 Å². The zero-order valence-electron chi connectivity index (χ0n) is 11.6. The average molecular weight is 375 g/mol. The highest BCUT2D eigenvalue weighted by Gasteiger charge is 2.26. The van der Waals surface area contributed by atoms with Crippen LogP contribution < -0.4 is 0 Å². The lowest BCUT2D eigenvalue weighted by Crippen LogP contribution is -2.32. The van der Waals surface area contributed by atoms with Gasteiger partial charge in [-0.1, -0.05) is 22.9 Å². The number of halogens is 1. The first kappa shape index (κ1) is 17.6. The molecule has 0 radical (unpaired) electrons. The minimum atomic E-state index is -3.84. The van der Waals surface area contributed by atoms with E-state index in [4.69, 9.17) is 10.4 Å². The largest absolute Gasteiger partial charge is 0.478 e. The quantitative estimate of drug-likeness (QED) is 0.823. The van der Waals surface area contributed by atoms with E-state index in [1.807, 2.05) is 6.07 Å². The number of hydrogen-bond donors (Lipinski definition) is 1. The summed E-state index contributed by atoms with van der Waals surface area (Å²) < 4.78 is 26.8. The van der Waals surface area contributed by atoms with Crippen LogP contribution in [0.3, 0.4) is 0 Å². The Hall–Kier alpha value is -1.43. The SMILES string of the molecule is CCN(CCC#N)S(=O)(=O)c1cc(C(=O)O)cc(Br)c1C. The molecule has 0 aliphatic rings. The van der Waals surface area contributed by atoms with Crippen LogP contribution in [-0.4, -0.2) is 36.9 Å². The third-order valence-corrected chi connectivity index (χ3v) is 5.91. The van der Waals surface area contributed by atoms with E-state index >= 15 is 0 Å². The van der Waals surface area contributed by atoms with E-state index in [1.54, 1.807) is 13.8 Å². The zero-order chi connectivity index (χ0) is 16.2. The van der Waals surface area contributed by atoms with Crippen LogP contribution in [0.4, 0.5) is 0 Å². The van der Waals surface area contributed by atoms with E-state index in [0.717, 1.165) is 10.4 Å². The summed E-state index contributed by atoms with van der Waals surface area (Å²) in [5.74, 6) is -1.20. The number of hydrogen-bond acceptors (Lipinski definition) is 4. The van der Waals surface area contributed by atoms with Crippen LogP contribution in [0.5, 0.6) is 0 Å². The lowest BCUT2D eigenvalue weighted by atomic mass is 10.1. The van der Waals surface area contributed by atoms with Crippen molar-refractivity contribution in [2.24, 2.45) is 0 Å². The Morgan fingerprint density at radius 3 is 2.57 bits per heavy atom. The van der Waals surface area contributed by atoms with E-state index in [-0.39, 0.29) is 30.0 Å². The highest BCUT2D eigenvalue weighted by molar-refractivity contribution is 9.10. The van der Waals surface area contributed by atoms with Crippen LogP contribution in [0.15, 0.2) is 21.5 Å². The summed E-state index contributed by atoms with van der Waals surface area (Å²) in [5, 5.41) is 17.7. The Labute approximate surface area is 132 Å². The van der Waals surface area contributed by atoms with Crippen molar-refractivity contribution in [2.75, 3.05) is 13.1 Å². The van der Waals surface area contributed by atoms with Crippen molar-refractivity contribution in [3.05, 3.63) is 27.7 Å². The molecule has 0 fully saturated rings. The molecule has 0 saturated heterocycles. The smallest absolute Gasteiger partial charge is 0.335 e. The molecule has 0 amide bonds. The highest BCUT2D eigenvalue weighted by Crippen LogP contribution is 2.28. The van der Waals surface area contributed by atoms with Gasteiger partial charge in [0.25, 0.3) is 0 Å². The molecule has 0 saturated carbocycles. The molecular formula is C13H15BrN2O4S. The normalized spacial score (nSPS) is 11.4. The van der Waals surface area contributed by atoms with Gasteiger partial charge in [0, 0.05) is 24.0 Å². The number of carboxylic acid groups (broad SMARTS) is 1. The van der Waals surface area contributed by atoms with Gasteiger partial charge in [0.15, 0.2) is 0 Å². The number of carbonyl (C=O) groups is 1. The van der Waals surface area contributed by atoms with E-state index in [2.05, 4.69) is 15.9 Å². The maximum absolute atomic E-state index is 12.6. The Morgan fingerprint density at radius 2 is 2.10 bits per heavy atom. The van der Waals surface area contributed by atoms with Crippen LogP contribution in [-0.2, 0) is 10.0 Å². The van der Waals surface area contributed by atoms with Crippen LogP contribution in [0.1, 0.15) is 29.3 Å². The van der Waals surface area contributed by atoms with Gasteiger partial charge in [0.2, 0.25) is 10.0 Å². The summed E-state index contributed by atoms with van der Waals surface area (Å²) in [6.45, 7) is 3.54. The molecular weight excluding hydrogens is 360 g/mol. The van der Waals surface area contributed by atoms with Crippen LogP contribution in [0, 0.1) is 18.3 Å². The standard InChI is InChI=1S/C13H15BrN2O4S/c1-3-16(6-4-5-15)21(19,20)12-8-10(13(17)18)7-11(14)9(12)2/h7-8H,3-4,6H2,1-2H3,(H,17,18). The fourth-order valence-corrected chi connectivity index (χ4v) is 4.12. The summed E-state index contributed by atoms with van der Waals surface area (Å²) >= 11 is 3.18. The van der Waals surface area contributed by atoms with Crippen molar-refractivity contribution in [3.63, 3.8) is 0 Å². The van der Waals surface area contributed by atoms with E-state index in [1.165, 1.54) is 6.07 Å². The Morgan fingerprint density at radius 1 is 1.48 bits per heavy atom. The van der Waals surface area contributed by atoms with Crippen LogP contribution >= 0.6 is 15.9 Å². The van der Waals surface area contributed by atoms with Crippen molar-refractivity contribution in [1.29, 1.82) is 5.26 Å². The van der Waals surface area contributed by atoms with E-state index in [0.29, 0.717) is 10.0 Å². The highest BCUT2D eigenvalue weighted by atomic mass is 79.9. The molecule has 0 aliphatic heterocycles. The average Bonchev–Trinajstić information content (AvgIpc) is 2.41. The molecule has 0 unspecified atom stereocenters. The first-order chi connectivity index (χ1) is 9.75. The van der Waals surface area contributed by atoms with Crippen LogP contribution in [0.2, 0.25) is 0 Å². The van der Waals surface area contributed by atoms with Crippen molar-refractivity contribution >= 4 is 31.9 Å². The lowest BCUT2D eigenvalue weighted by Gasteiger charge is -2.21. The third-order valence-electron chi connectivity index (χ3n) is 2.99. The molecule has 1 aromatic carbocycles. The second-order valence-electron chi connectivity index (χ2n) is 4.29. The molecule has 8 heteroatoms. The topological polar surface area (TPSA) is 98.5 Å². The van der Waals surface area contributed by atoms with Gasteiger partial charge in [-0.05, 0) is 24.6 Å². The first-order valence-electron chi connectivity index (χ1n) is 6.16. The van der Waals surface area contributed by atoms with Crippen molar-refractivity contribution in [2.45, 2.75) is 25.2 Å². The summed E-state index contributed by atoms with van der Waals surface area (Å²) in [5.41, 5.74) is 0.331. The fourth-order valence-electron chi connectivity index (χ4n) is 1.81. The number of benzene rings is 1. The number of aromatic carboxylic acids is 1. The number of nitrogens with zero attached hydrogens (tertiary/aromatic N) is 2. The van der Waals surface area contributed by atoms with E-state index in [9.17, 15) is 13.2 Å². The molecule has 6 nitrogen and oxygen atoms in total. The van der Waals surface area contributed by atoms with Gasteiger partial charge in [-0.15, -0.1) is 0 Å². The predicted molar refractivity (Wildman–Crippen MR) is 80.5 cm³/mol. The zero-order valence-corrected chi connectivity index (χ0v) is 14.0. The first-order valence-corrected chi connectivity index (χ1v) is 8.39. The molecule has 0 atom stereocenters. The summed E-state index contributed by atoms with van der Waals surface area (Å²) in [6.07, 6.45) is 0.0753. The number of carboxylic acids is 1. The Balaban J connectivity index is 3.43. The molecule has 0 bridgehead atoms. The van der Waals surface area contributed by atoms with Gasteiger partial charge in [-0.25, -0.2) is 13.2 Å². The summed E-state index contributed by atoms with van der Waals surface area (Å²) in [7, 11) is -3.84. The molecule has 0 aliphatic carbocycles. The fraction of sp³-hybridized carbons (Fsp3) is 0.385. The summed E-state index contributed by atoms with van der Waals surface area (Å²) in [6, 6.07) is 4.41. The minimum absolute atomic E-state index is 0.0611. The van der Waals surface area contributed by atoms with Crippen molar-refractivity contribution < 1.29 is 18.3 Å². The Kier molecular flexibility index (Phi) is 5.89. The second-order valence-corrected chi connectivity index (χ2v) is 7.05. The van der Waals surface area contributed by atoms with Crippen LogP contribution in [0.25, 0.3) is 0 Å². The third kappa shape index (κ3) is 3.81. The van der Waals surface area contributed by atoms with Gasteiger partial charge in [-0.2, -0.15) is 9.57 Å². The van der Waals surface area contributed by atoms with Gasteiger partial charge < -0.3 is 5.11 Å². The van der Waals surface area contributed by atoms with Gasteiger partial charge in [-0.3, -0.25) is 0 Å². The molecule has 1 rings (SSSR count). The minimum Gasteiger partial charge on any atom is -0.478 e. The second kappa shape index (κ2) is 7.02. The summed E-state index contributed by atoms with van der Waals surface area (Å²) in [4.78, 5) is 11.0. The Bertz CT molecular complexity index is 695. The molecule has 0 heterocycles. The van der Waals surface area contributed by atoms with E-state index < -0.39 is 16.0 Å². The molecule has 114 valence electrons. The molecule has 1 aromatic rings. The molecule has 1 N–H and O–H groups in total. The molecule has 0 spiro atoms. The van der Waals surface area contributed by atoms with Crippen molar-refractivity contribution in [3.8, 4) is 6.07 Å².